The largest absolute Gasteiger partial charge is 0.255 e. The highest BCUT2D eigenvalue weighted by Crippen LogP contribution is 2.30. The van der Waals surface area contributed by atoms with Crippen molar-refractivity contribution in [3.63, 3.8) is 0 Å². The molecule has 3 rings (SSSR count). The number of hydrogen-bond donors (Lipinski definition) is 0. The summed E-state index contributed by atoms with van der Waals surface area (Å²) in [4.78, 5) is 22.7. The third kappa shape index (κ3) is 3.25. The molecule has 118 valence electrons. The Morgan fingerprint density at radius 1 is 0.833 bits per heavy atom. The first-order chi connectivity index (χ1) is 11.8. The molecule has 0 unspecified atom stereocenters. The molecule has 24 heavy (non-hydrogen) atoms. The van der Waals surface area contributed by atoms with Gasteiger partial charge in [-0.05, 0) is 44.2 Å². The summed E-state index contributed by atoms with van der Waals surface area (Å²) in [7, 11) is 0. The smallest absolute Gasteiger partial charge is 0.178 e. The van der Waals surface area contributed by atoms with Crippen LogP contribution in [0.15, 0.2) is 59.9 Å². The number of aliphatic imine (C=N–C) groups is 1. The van der Waals surface area contributed by atoms with Crippen LogP contribution >= 0.6 is 0 Å². The third-order valence-electron chi connectivity index (χ3n) is 3.29. The molecule has 0 fully saturated rings. The lowest BCUT2D eigenvalue weighted by atomic mass is 10.1. The lowest BCUT2D eigenvalue weighted by Gasteiger charge is -2.10. The van der Waals surface area contributed by atoms with E-state index < -0.39 is 0 Å². The summed E-state index contributed by atoms with van der Waals surface area (Å²) in [6.07, 6.45) is 9.00. The van der Waals surface area contributed by atoms with Crippen molar-refractivity contribution < 1.29 is 0 Å². The van der Waals surface area contributed by atoms with Crippen LogP contribution in [-0.2, 0) is 0 Å². The van der Waals surface area contributed by atoms with E-state index in [9.17, 15) is 0 Å². The second kappa shape index (κ2) is 7.37. The molecule has 0 N–H and O–H groups in total. The van der Waals surface area contributed by atoms with Crippen molar-refractivity contribution in [2.75, 3.05) is 0 Å². The summed E-state index contributed by atoms with van der Waals surface area (Å²) < 4.78 is 0. The summed E-state index contributed by atoms with van der Waals surface area (Å²) in [6, 6.07) is 11.4. The maximum Gasteiger partial charge on any atom is 0.178 e. The molecule has 0 aliphatic rings. The van der Waals surface area contributed by atoms with Gasteiger partial charge in [0.05, 0.1) is 11.4 Å². The van der Waals surface area contributed by atoms with Gasteiger partial charge in [-0.2, -0.15) is 0 Å². The average Bonchev–Trinajstić information content (AvgIpc) is 2.64. The Hall–Kier alpha value is -3.21. The van der Waals surface area contributed by atoms with E-state index in [2.05, 4.69) is 15.0 Å². The molecule has 3 aromatic heterocycles. The molecule has 5 nitrogen and oxygen atoms in total. The zero-order valence-electron chi connectivity index (χ0n) is 13.6. The minimum Gasteiger partial charge on any atom is -0.255 e. The molecule has 0 amide bonds. The number of hydrogen-bond acceptors (Lipinski definition) is 5. The molecular formula is C19H17N5. The van der Waals surface area contributed by atoms with Crippen LogP contribution in [0.1, 0.15) is 19.5 Å². The fourth-order valence-electron chi connectivity index (χ4n) is 2.29. The monoisotopic (exact) mass is 315 g/mol. The lowest BCUT2D eigenvalue weighted by Crippen LogP contribution is -1.99. The second-order valence-electron chi connectivity index (χ2n) is 4.95. The number of nitrogens with zero attached hydrogens (tertiary/aromatic N) is 5. The summed E-state index contributed by atoms with van der Waals surface area (Å²) in [5.74, 6) is 0.566. The lowest BCUT2D eigenvalue weighted by molar-refractivity contribution is 1.13. The molecule has 3 heterocycles. The van der Waals surface area contributed by atoms with Gasteiger partial charge in [-0.1, -0.05) is 18.2 Å². The van der Waals surface area contributed by atoms with Crippen LogP contribution in [0.2, 0.25) is 0 Å². The van der Waals surface area contributed by atoms with E-state index in [0.29, 0.717) is 22.9 Å². The molecule has 0 aromatic carbocycles. The Balaban J connectivity index is 2.30. The van der Waals surface area contributed by atoms with Crippen LogP contribution in [0.25, 0.3) is 28.9 Å². The van der Waals surface area contributed by atoms with Gasteiger partial charge in [-0.25, -0.2) is 15.0 Å². The predicted molar refractivity (Wildman–Crippen MR) is 97.0 cm³/mol. The van der Waals surface area contributed by atoms with Crippen LogP contribution in [0.5, 0.6) is 0 Å². The van der Waals surface area contributed by atoms with E-state index in [1.165, 1.54) is 0 Å². The molecule has 0 bridgehead atoms. The first-order valence-electron chi connectivity index (χ1n) is 7.69. The van der Waals surface area contributed by atoms with E-state index in [0.717, 1.165) is 11.4 Å². The molecule has 0 saturated heterocycles. The predicted octanol–water partition coefficient (Wildman–Crippen LogP) is 4.36. The van der Waals surface area contributed by atoms with Crippen molar-refractivity contribution in [2.45, 2.75) is 13.8 Å². The van der Waals surface area contributed by atoms with Gasteiger partial charge in [0, 0.05) is 18.6 Å². The van der Waals surface area contributed by atoms with E-state index >= 15 is 0 Å². The van der Waals surface area contributed by atoms with Crippen molar-refractivity contribution in [2.24, 2.45) is 4.99 Å². The summed E-state index contributed by atoms with van der Waals surface area (Å²) in [5, 5.41) is 0. The average molecular weight is 315 g/mol. The molecule has 0 saturated carbocycles. The SMILES string of the molecule is CC=Cc1nc(-c2ccccn2)c(-c2ccccn2)nc1N=CC. The number of pyridine rings is 2. The molecule has 0 spiro atoms. The molecule has 0 radical (unpaired) electrons. The minimum atomic E-state index is 0.566. The molecular weight excluding hydrogens is 298 g/mol. The van der Waals surface area contributed by atoms with E-state index in [1.807, 2.05) is 62.4 Å². The minimum absolute atomic E-state index is 0.566. The fourth-order valence-corrected chi connectivity index (χ4v) is 2.29. The summed E-state index contributed by atoms with van der Waals surface area (Å²) in [6.45, 7) is 3.79. The summed E-state index contributed by atoms with van der Waals surface area (Å²) in [5.41, 5.74) is 3.56. The zero-order chi connectivity index (χ0) is 16.8. The first kappa shape index (κ1) is 15.7. The van der Waals surface area contributed by atoms with Crippen molar-refractivity contribution >= 4 is 18.1 Å². The fraction of sp³-hybridized carbons (Fsp3) is 0.105. The van der Waals surface area contributed by atoms with Crippen molar-refractivity contribution in [3.05, 3.63) is 60.6 Å². The number of rotatable bonds is 4. The van der Waals surface area contributed by atoms with E-state index in [4.69, 9.17) is 9.97 Å². The number of allylic oxidation sites excluding steroid dienone is 1. The second-order valence-corrected chi connectivity index (χ2v) is 4.95. The number of aromatic nitrogens is 4. The third-order valence-corrected chi connectivity index (χ3v) is 3.29. The van der Waals surface area contributed by atoms with Gasteiger partial charge in [-0.15, -0.1) is 0 Å². The Kier molecular flexibility index (Phi) is 4.81. The standard InChI is InChI=1S/C19H17N5/c1-3-9-16-19(20-4-2)24-18(15-11-6-8-13-22-15)17(23-16)14-10-5-7-12-21-14/h3-13H,1-2H3. The zero-order valence-corrected chi connectivity index (χ0v) is 13.6. The van der Waals surface area contributed by atoms with Crippen LogP contribution in [0, 0.1) is 0 Å². The molecule has 0 atom stereocenters. The van der Waals surface area contributed by atoms with Crippen molar-refractivity contribution in [3.8, 4) is 22.8 Å². The Morgan fingerprint density at radius 2 is 1.46 bits per heavy atom. The van der Waals surface area contributed by atoms with E-state index in [1.54, 1.807) is 18.6 Å². The highest BCUT2D eigenvalue weighted by molar-refractivity contribution is 5.78. The molecule has 5 heteroatoms. The van der Waals surface area contributed by atoms with Gasteiger partial charge < -0.3 is 0 Å². The van der Waals surface area contributed by atoms with Gasteiger partial charge in [0.15, 0.2) is 5.82 Å². The van der Waals surface area contributed by atoms with Crippen molar-refractivity contribution in [1.82, 2.24) is 19.9 Å². The van der Waals surface area contributed by atoms with Crippen molar-refractivity contribution in [1.29, 1.82) is 0 Å². The highest BCUT2D eigenvalue weighted by Gasteiger charge is 2.16. The highest BCUT2D eigenvalue weighted by atomic mass is 15.0. The van der Waals surface area contributed by atoms with Crippen LogP contribution < -0.4 is 0 Å². The first-order valence-corrected chi connectivity index (χ1v) is 7.69. The Labute approximate surface area is 140 Å². The van der Waals surface area contributed by atoms with Gasteiger partial charge in [0.1, 0.15) is 17.1 Å². The van der Waals surface area contributed by atoms with E-state index in [-0.39, 0.29) is 0 Å². The van der Waals surface area contributed by atoms with Gasteiger partial charge in [-0.3, -0.25) is 9.97 Å². The normalized spacial score (nSPS) is 11.4. The van der Waals surface area contributed by atoms with Crippen LogP contribution in [0.3, 0.4) is 0 Å². The van der Waals surface area contributed by atoms with Gasteiger partial charge in [0.25, 0.3) is 0 Å². The molecule has 3 aromatic rings. The van der Waals surface area contributed by atoms with Gasteiger partial charge in [0.2, 0.25) is 0 Å². The van der Waals surface area contributed by atoms with Gasteiger partial charge >= 0.3 is 0 Å². The maximum absolute atomic E-state index is 4.76. The maximum atomic E-state index is 4.76. The Bertz CT molecular complexity index is 797. The quantitative estimate of drug-likeness (QED) is 0.671. The topological polar surface area (TPSA) is 63.9 Å². The van der Waals surface area contributed by atoms with Crippen LogP contribution in [0.4, 0.5) is 5.82 Å². The Morgan fingerprint density at radius 3 is 1.96 bits per heavy atom. The molecule has 0 aliphatic carbocycles. The van der Waals surface area contributed by atoms with Crippen LogP contribution in [-0.4, -0.2) is 26.2 Å². The molecule has 0 aliphatic heterocycles. The summed E-state index contributed by atoms with van der Waals surface area (Å²) >= 11 is 0.